The highest BCUT2D eigenvalue weighted by Crippen LogP contribution is 2.47. The van der Waals surface area contributed by atoms with Gasteiger partial charge in [-0.1, -0.05) is 66.7 Å². The van der Waals surface area contributed by atoms with Crippen molar-refractivity contribution < 1.29 is 0 Å². The summed E-state index contributed by atoms with van der Waals surface area (Å²) in [5, 5.41) is 0. The van der Waals surface area contributed by atoms with Gasteiger partial charge in [0, 0.05) is 24.5 Å². The smallest absolute Gasteiger partial charge is 0.0344 e. The van der Waals surface area contributed by atoms with Crippen molar-refractivity contribution in [1.29, 1.82) is 0 Å². The molecule has 2 fully saturated rings. The van der Waals surface area contributed by atoms with Crippen molar-refractivity contribution in [3.05, 3.63) is 84.4 Å². The second-order valence-electron chi connectivity index (χ2n) is 6.83. The second-order valence-corrected chi connectivity index (χ2v) is 6.83. The molecule has 22 heavy (non-hydrogen) atoms. The maximum Gasteiger partial charge on any atom is 0.0344 e. The first-order valence-electron chi connectivity index (χ1n) is 8.29. The van der Waals surface area contributed by atoms with Crippen LogP contribution in [-0.2, 0) is 5.41 Å². The normalized spacial score (nSPS) is 26.7. The van der Waals surface area contributed by atoms with E-state index in [1.54, 1.807) is 0 Å². The van der Waals surface area contributed by atoms with Gasteiger partial charge in [-0.25, -0.2) is 0 Å². The van der Waals surface area contributed by atoms with Crippen molar-refractivity contribution in [2.45, 2.75) is 24.3 Å². The third-order valence-corrected chi connectivity index (χ3v) is 5.60. The van der Waals surface area contributed by atoms with Crippen LogP contribution >= 0.6 is 0 Å². The highest BCUT2D eigenvalue weighted by molar-refractivity contribution is 5.42. The molecule has 0 aromatic heterocycles. The van der Waals surface area contributed by atoms with Crippen LogP contribution in [0.15, 0.2) is 73.3 Å². The predicted molar refractivity (Wildman–Crippen MR) is 91.9 cm³/mol. The van der Waals surface area contributed by atoms with Crippen LogP contribution in [0.4, 0.5) is 0 Å². The fourth-order valence-corrected chi connectivity index (χ4v) is 4.51. The molecule has 2 heterocycles. The third kappa shape index (κ3) is 2.12. The van der Waals surface area contributed by atoms with Gasteiger partial charge < -0.3 is 0 Å². The molecule has 0 spiro atoms. The molecule has 2 aromatic rings. The van der Waals surface area contributed by atoms with Crippen molar-refractivity contribution in [3.63, 3.8) is 0 Å². The Morgan fingerprint density at radius 3 is 2.05 bits per heavy atom. The first-order chi connectivity index (χ1) is 10.8. The Bertz CT molecular complexity index is 591. The standard InChI is InChI=1S/C21H23N/c1-2-17-13-20-14-21(16-22(20)15-17,18-9-5-3-6-10-18)19-11-7-4-8-12-19/h2-12,17,20H,1,13-16H2/t17-,20+/m0/s1. The van der Waals surface area contributed by atoms with Crippen LogP contribution in [0, 0.1) is 5.92 Å². The molecule has 0 radical (unpaired) electrons. The van der Waals surface area contributed by atoms with Gasteiger partial charge in [-0.2, -0.15) is 0 Å². The minimum atomic E-state index is 0.152. The van der Waals surface area contributed by atoms with E-state index in [9.17, 15) is 0 Å². The molecule has 1 nitrogen and oxygen atoms in total. The van der Waals surface area contributed by atoms with E-state index in [0.717, 1.165) is 6.54 Å². The van der Waals surface area contributed by atoms with Crippen molar-refractivity contribution in [1.82, 2.24) is 4.90 Å². The van der Waals surface area contributed by atoms with Crippen LogP contribution < -0.4 is 0 Å². The molecule has 2 aliphatic rings. The maximum absolute atomic E-state index is 4.00. The summed E-state index contributed by atoms with van der Waals surface area (Å²) in [6.07, 6.45) is 4.64. The Morgan fingerprint density at radius 2 is 1.55 bits per heavy atom. The molecule has 0 bridgehead atoms. The average Bonchev–Trinajstić information content (AvgIpc) is 3.13. The molecular formula is C21H23N. The Morgan fingerprint density at radius 1 is 0.955 bits per heavy atom. The summed E-state index contributed by atoms with van der Waals surface area (Å²) in [4.78, 5) is 2.69. The van der Waals surface area contributed by atoms with Crippen LogP contribution in [0.1, 0.15) is 24.0 Å². The molecule has 4 rings (SSSR count). The number of hydrogen-bond acceptors (Lipinski definition) is 1. The second kappa shape index (κ2) is 5.40. The largest absolute Gasteiger partial charge is 0.299 e. The minimum absolute atomic E-state index is 0.152. The van der Waals surface area contributed by atoms with Crippen molar-refractivity contribution in [2.75, 3.05) is 13.1 Å². The van der Waals surface area contributed by atoms with Gasteiger partial charge in [0.2, 0.25) is 0 Å². The van der Waals surface area contributed by atoms with E-state index in [2.05, 4.69) is 78.2 Å². The third-order valence-electron chi connectivity index (χ3n) is 5.60. The number of rotatable bonds is 3. The van der Waals surface area contributed by atoms with E-state index in [-0.39, 0.29) is 5.41 Å². The molecule has 0 aliphatic carbocycles. The zero-order valence-electron chi connectivity index (χ0n) is 13.0. The molecule has 112 valence electrons. The SMILES string of the molecule is C=C[C@H]1C[C@@H]2CC(c3ccccc3)(c3ccccc3)CN2C1. The van der Waals surface area contributed by atoms with Gasteiger partial charge in [0.25, 0.3) is 0 Å². The Kier molecular flexibility index (Phi) is 3.38. The minimum Gasteiger partial charge on any atom is -0.299 e. The van der Waals surface area contributed by atoms with Crippen LogP contribution in [0.25, 0.3) is 0 Å². The Hall–Kier alpha value is -1.86. The number of benzene rings is 2. The molecule has 2 aliphatic heterocycles. The summed E-state index contributed by atoms with van der Waals surface area (Å²) in [7, 11) is 0. The predicted octanol–water partition coefficient (Wildman–Crippen LogP) is 4.25. The number of fused-ring (bicyclic) bond motifs is 1. The van der Waals surface area contributed by atoms with Crippen LogP contribution in [0.2, 0.25) is 0 Å². The quantitative estimate of drug-likeness (QED) is 0.763. The monoisotopic (exact) mass is 289 g/mol. The molecular weight excluding hydrogens is 266 g/mol. The van der Waals surface area contributed by atoms with E-state index in [0.29, 0.717) is 12.0 Å². The molecule has 0 N–H and O–H groups in total. The lowest BCUT2D eigenvalue weighted by Crippen LogP contribution is -2.33. The Labute approximate surface area is 133 Å². The highest BCUT2D eigenvalue weighted by Gasteiger charge is 2.49. The summed E-state index contributed by atoms with van der Waals surface area (Å²) >= 11 is 0. The molecule has 1 heteroatoms. The fraction of sp³-hybridized carbons (Fsp3) is 0.333. The molecule has 0 unspecified atom stereocenters. The van der Waals surface area contributed by atoms with E-state index >= 15 is 0 Å². The Balaban J connectivity index is 1.75. The van der Waals surface area contributed by atoms with Crippen LogP contribution in [0.5, 0.6) is 0 Å². The molecule has 0 amide bonds. The summed E-state index contributed by atoms with van der Waals surface area (Å²) in [5.74, 6) is 0.676. The lowest BCUT2D eigenvalue weighted by molar-refractivity contribution is 0.312. The van der Waals surface area contributed by atoms with E-state index in [1.165, 1.54) is 30.5 Å². The molecule has 2 saturated heterocycles. The van der Waals surface area contributed by atoms with Gasteiger partial charge in [-0.05, 0) is 29.9 Å². The topological polar surface area (TPSA) is 3.24 Å². The van der Waals surface area contributed by atoms with Gasteiger partial charge in [-0.15, -0.1) is 6.58 Å². The number of hydrogen-bond donors (Lipinski definition) is 0. The first kappa shape index (κ1) is 13.8. The van der Waals surface area contributed by atoms with Gasteiger partial charge in [0.15, 0.2) is 0 Å². The van der Waals surface area contributed by atoms with Crippen LogP contribution in [0.3, 0.4) is 0 Å². The van der Waals surface area contributed by atoms with E-state index in [4.69, 9.17) is 0 Å². The highest BCUT2D eigenvalue weighted by atomic mass is 15.2. The van der Waals surface area contributed by atoms with Gasteiger partial charge in [0.1, 0.15) is 0 Å². The summed E-state index contributed by atoms with van der Waals surface area (Å²) in [6.45, 7) is 6.31. The zero-order chi connectivity index (χ0) is 15.0. The summed E-state index contributed by atoms with van der Waals surface area (Å²) < 4.78 is 0. The van der Waals surface area contributed by atoms with E-state index in [1.807, 2.05) is 0 Å². The molecule has 2 atom stereocenters. The van der Waals surface area contributed by atoms with Gasteiger partial charge in [-0.3, -0.25) is 4.90 Å². The summed E-state index contributed by atoms with van der Waals surface area (Å²) in [5.41, 5.74) is 3.08. The van der Waals surface area contributed by atoms with Gasteiger partial charge >= 0.3 is 0 Å². The zero-order valence-corrected chi connectivity index (χ0v) is 13.0. The average molecular weight is 289 g/mol. The van der Waals surface area contributed by atoms with E-state index < -0.39 is 0 Å². The lowest BCUT2D eigenvalue weighted by Gasteiger charge is -2.31. The molecule has 2 aromatic carbocycles. The summed E-state index contributed by atoms with van der Waals surface area (Å²) in [6, 6.07) is 22.9. The van der Waals surface area contributed by atoms with Crippen LogP contribution in [-0.4, -0.2) is 24.0 Å². The van der Waals surface area contributed by atoms with Crippen molar-refractivity contribution in [3.8, 4) is 0 Å². The van der Waals surface area contributed by atoms with Crippen molar-refractivity contribution in [2.24, 2.45) is 5.92 Å². The van der Waals surface area contributed by atoms with Crippen molar-refractivity contribution >= 4 is 0 Å². The fourth-order valence-electron chi connectivity index (χ4n) is 4.51. The maximum atomic E-state index is 4.00. The van der Waals surface area contributed by atoms with Gasteiger partial charge in [0.05, 0.1) is 0 Å². The molecule has 0 saturated carbocycles. The number of nitrogens with zero attached hydrogens (tertiary/aromatic N) is 1. The lowest BCUT2D eigenvalue weighted by atomic mass is 9.72. The first-order valence-corrected chi connectivity index (χ1v) is 8.29.